The second-order valence-corrected chi connectivity index (χ2v) is 4.32. The Hall–Kier alpha value is -2.88. The van der Waals surface area contributed by atoms with E-state index in [4.69, 9.17) is 0 Å². The molecule has 0 radical (unpaired) electrons. The zero-order valence-electron chi connectivity index (χ0n) is 10.6. The summed E-state index contributed by atoms with van der Waals surface area (Å²) in [4.78, 5) is 8.42. The van der Waals surface area contributed by atoms with Crippen LogP contribution in [0.3, 0.4) is 0 Å². The van der Waals surface area contributed by atoms with Crippen LogP contribution < -0.4 is 0 Å². The van der Waals surface area contributed by atoms with Crippen molar-refractivity contribution < 1.29 is 10.2 Å². The molecule has 1 aromatic carbocycles. The zero-order chi connectivity index (χ0) is 13.9. The predicted octanol–water partition coefficient (Wildman–Crippen LogP) is 3.22. The first kappa shape index (κ1) is 12.2. The lowest BCUT2D eigenvalue weighted by molar-refractivity contribution is 0.453. The third-order valence-electron chi connectivity index (χ3n) is 3.00. The average molecular weight is 264 g/mol. The van der Waals surface area contributed by atoms with E-state index in [0.717, 1.165) is 0 Å². The molecule has 0 saturated heterocycles. The Kier molecular flexibility index (Phi) is 3.05. The first-order valence-electron chi connectivity index (χ1n) is 6.14. The quantitative estimate of drug-likeness (QED) is 0.745. The van der Waals surface area contributed by atoms with Gasteiger partial charge in [0.15, 0.2) is 0 Å². The molecule has 0 unspecified atom stereocenters. The summed E-state index contributed by atoms with van der Waals surface area (Å²) in [6, 6.07) is 13.9. The Morgan fingerprint density at radius 3 is 1.55 bits per heavy atom. The molecular formula is C16H12N2O2. The van der Waals surface area contributed by atoms with Crippen LogP contribution in [0, 0.1) is 0 Å². The highest BCUT2D eigenvalue weighted by atomic mass is 16.3. The number of benzene rings is 1. The number of aromatic nitrogens is 2. The lowest BCUT2D eigenvalue weighted by atomic mass is 10.0. The van der Waals surface area contributed by atoms with E-state index in [1.807, 2.05) is 12.1 Å². The fourth-order valence-electron chi connectivity index (χ4n) is 2.03. The summed E-state index contributed by atoms with van der Waals surface area (Å²) in [5.74, 6) is -0.0261. The maximum atomic E-state index is 10.00. The normalized spacial score (nSPS) is 10.4. The Morgan fingerprint density at radius 1 is 0.650 bits per heavy atom. The summed E-state index contributed by atoms with van der Waals surface area (Å²) < 4.78 is 0. The van der Waals surface area contributed by atoms with E-state index < -0.39 is 0 Å². The van der Waals surface area contributed by atoms with E-state index in [1.54, 1.807) is 42.7 Å². The van der Waals surface area contributed by atoms with Crippen LogP contribution in [0.4, 0.5) is 0 Å². The summed E-state index contributed by atoms with van der Waals surface area (Å²) in [5, 5.41) is 20.0. The molecule has 3 aromatic rings. The van der Waals surface area contributed by atoms with E-state index in [0.29, 0.717) is 22.5 Å². The van der Waals surface area contributed by atoms with Crippen LogP contribution in [0.2, 0.25) is 0 Å². The standard InChI is InChI=1S/C16H12N2O2/c19-15-10-16(20)12(14-6-2-4-8-18-14)9-11(15)13-5-1-3-7-17-13/h1-10,19-20H. The van der Waals surface area contributed by atoms with E-state index in [2.05, 4.69) is 9.97 Å². The number of hydrogen-bond acceptors (Lipinski definition) is 4. The molecule has 2 heterocycles. The smallest absolute Gasteiger partial charge is 0.128 e. The maximum Gasteiger partial charge on any atom is 0.128 e. The van der Waals surface area contributed by atoms with Crippen LogP contribution in [0.25, 0.3) is 22.5 Å². The highest BCUT2D eigenvalue weighted by Crippen LogP contribution is 2.38. The molecule has 4 nitrogen and oxygen atoms in total. The lowest BCUT2D eigenvalue weighted by Gasteiger charge is -2.09. The van der Waals surface area contributed by atoms with Gasteiger partial charge in [-0.05, 0) is 30.3 Å². The molecule has 0 amide bonds. The van der Waals surface area contributed by atoms with E-state index in [9.17, 15) is 10.2 Å². The van der Waals surface area contributed by atoms with Gasteiger partial charge in [-0.15, -0.1) is 0 Å². The minimum atomic E-state index is -0.0131. The molecule has 0 fully saturated rings. The Balaban J connectivity index is 2.19. The van der Waals surface area contributed by atoms with Crippen molar-refractivity contribution in [2.24, 2.45) is 0 Å². The molecule has 2 aromatic heterocycles. The SMILES string of the molecule is Oc1cc(O)c(-c2ccccn2)cc1-c1ccccn1. The number of pyridine rings is 2. The van der Waals surface area contributed by atoms with Gasteiger partial charge in [0.2, 0.25) is 0 Å². The van der Waals surface area contributed by atoms with Crippen LogP contribution in [0.15, 0.2) is 60.9 Å². The Morgan fingerprint density at radius 2 is 1.15 bits per heavy atom. The van der Waals surface area contributed by atoms with Crippen molar-refractivity contribution in [2.75, 3.05) is 0 Å². The number of nitrogens with zero attached hydrogens (tertiary/aromatic N) is 2. The third-order valence-corrected chi connectivity index (χ3v) is 3.00. The molecule has 3 rings (SSSR count). The van der Waals surface area contributed by atoms with Crippen molar-refractivity contribution in [3.63, 3.8) is 0 Å². The molecule has 98 valence electrons. The van der Waals surface area contributed by atoms with Crippen molar-refractivity contribution in [3.05, 3.63) is 60.9 Å². The van der Waals surface area contributed by atoms with Crippen LogP contribution in [-0.2, 0) is 0 Å². The Bertz CT molecular complexity index is 667. The number of phenols is 2. The first-order valence-corrected chi connectivity index (χ1v) is 6.14. The van der Waals surface area contributed by atoms with Crippen molar-refractivity contribution in [1.82, 2.24) is 9.97 Å². The second kappa shape index (κ2) is 5.01. The lowest BCUT2D eigenvalue weighted by Crippen LogP contribution is -1.88. The summed E-state index contributed by atoms with van der Waals surface area (Å²) in [6.07, 6.45) is 3.31. The van der Waals surface area contributed by atoms with E-state index >= 15 is 0 Å². The maximum absolute atomic E-state index is 10.00. The second-order valence-electron chi connectivity index (χ2n) is 4.32. The van der Waals surface area contributed by atoms with Crippen molar-refractivity contribution in [3.8, 4) is 34.0 Å². The molecule has 0 saturated carbocycles. The van der Waals surface area contributed by atoms with Crippen molar-refractivity contribution >= 4 is 0 Å². The van der Waals surface area contributed by atoms with Gasteiger partial charge in [0.05, 0.1) is 11.4 Å². The van der Waals surface area contributed by atoms with Crippen LogP contribution in [0.1, 0.15) is 0 Å². The molecule has 0 aliphatic carbocycles. The molecule has 4 heteroatoms. The number of aromatic hydroxyl groups is 2. The van der Waals surface area contributed by atoms with Gasteiger partial charge in [-0.2, -0.15) is 0 Å². The molecule has 0 aliphatic heterocycles. The van der Waals surface area contributed by atoms with Crippen molar-refractivity contribution in [1.29, 1.82) is 0 Å². The largest absolute Gasteiger partial charge is 0.507 e. The molecule has 2 N–H and O–H groups in total. The monoisotopic (exact) mass is 264 g/mol. The highest BCUT2D eigenvalue weighted by Gasteiger charge is 2.13. The van der Waals surface area contributed by atoms with Gasteiger partial charge in [0.25, 0.3) is 0 Å². The van der Waals surface area contributed by atoms with Gasteiger partial charge < -0.3 is 10.2 Å². The molecule has 20 heavy (non-hydrogen) atoms. The fourth-order valence-corrected chi connectivity index (χ4v) is 2.03. The minimum absolute atomic E-state index is 0.0131. The topological polar surface area (TPSA) is 66.2 Å². The van der Waals surface area contributed by atoms with Crippen molar-refractivity contribution in [2.45, 2.75) is 0 Å². The molecule has 0 spiro atoms. The van der Waals surface area contributed by atoms with Gasteiger partial charge in [-0.1, -0.05) is 12.1 Å². The third kappa shape index (κ3) is 2.19. The minimum Gasteiger partial charge on any atom is -0.507 e. The van der Waals surface area contributed by atoms with Gasteiger partial charge >= 0.3 is 0 Å². The van der Waals surface area contributed by atoms with Gasteiger partial charge in [-0.25, -0.2) is 0 Å². The number of rotatable bonds is 2. The van der Waals surface area contributed by atoms with E-state index in [-0.39, 0.29) is 11.5 Å². The van der Waals surface area contributed by atoms with Gasteiger partial charge in [-0.3, -0.25) is 9.97 Å². The molecule has 0 aliphatic rings. The zero-order valence-corrected chi connectivity index (χ0v) is 10.6. The van der Waals surface area contributed by atoms with E-state index in [1.165, 1.54) is 6.07 Å². The highest BCUT2D eigenvalue weighted by molar-refractivity contribution is 5.78. The molecular weight excluding hydrogens is 252 g/mol. The molecule has 0 atom stereocenters. The summed E-state index contributed by atoms with van der Waals surface area (Å²) in [6.45, 7) is 0. The average Bonchev–Trinajstić information content (AvgIpc) is 2.49. The fraction of sp³-hybridized carbons (Fsp3) is 0. The Labute approximate surface area is 116 Å². The summed E-state index contributed by atoms with van der Waals surface area (Å²) >= 11 is 0. The van der Waals surface area contributed by atoms with Crippen LogP contribution >= 0.6 is 0 Å². The summed E-state index contributed by atoms with van der Waals surface area (Å²) in [7, 11) is 0. The number of hydrogen-bond donors (Lipinski definition) is 2. The predicted molar refractivity (Wildman–Crippen MR) is 76.2 cm³/mol. The van der Waals surface area contributed by atoms with Gasteiger partial charge in [0.1, 0.15) is 11.5 Å². The molecule has 0 bridgehead atoms. The van der Waals surface area contributed by atoms with Gasteiger partial charge in [0, 0.05) is 29.6 Å². The van der Waals surface area contributed by atoms with Crippen LogP contribution in [0.5, 0.6) is 11.5 Å². The number of phenolic OH excluding ortho intramolecular Hbond substituents is 2. The van der Waals surface area contributed by atoms with Crippen LogP contribution in [-0.4, -0.2) is 20.2 Å². The first-order chi connectivity index (χ1) is 9.75. The summed E-state index contributed by atoms with van der Waals surface area (Å²) in [5.41, 5.74) is 2.40.